The molecule has 0 spiro atoms. The van der Waals surface area contributed by atoms with E-state index in [1.165, 1.54) is 0 Å². The van der Waals surface area contributed by atoms with Crippen LogP contribution in [0.15, 0.2) is 0 Å². The summed E-state index contributed by atoms with van der Waals surface area (Å²) in [6, 6.07) is 0. The zero-order valence-corrected chi connectivity index (χ0v) is 4.46. The van der Waals surface area contributed by atoms with Crippen molar-refractivity contribution < 1.29 is 12.6 Å². The predicted octanol–water partition coefficient (Wildman–Crippen LogP) is -1.47. The van der Waals surface area contributed by atoms with E-state index >= 15 is 0 Å². The van der Waals surface area contributed by atoms with E-state index in [4.69, 9.17) is 12.6 Å². The summed E-state index contributed by atoms with van der Waals surface area (Å²) in [5, 5.41) is 0. The van der Waals surface area contributed by atoms with E-state index in [0.29, 0.717) is 0 Å². The molecule has 0 unspecified atom stereocenters. The van der Waals surface area contributed by atoms with Gasteiger partial charge >= 0.3 is 32.2 Å². The zero-order valence-electron chi connectivity index (χ0n) is 2.75. The van der Waals surface area contributed by atoms with Crippen molar-refractivity contribution in [1.29, 1.82) is 0 Å². The standard InChI is InChI=1S/CH6O3Se/c1-5(2,3)4/h2-4H,1H3. The molecule has 0 aromatic heterocycles. The normalized spacial score (nSPS) is 15.2. The summed E-state index contributed by atoms with van der Waals surface area (Å²) in [4.78, 5) is 0. The molecule has 4 heteroatoms. The molecule has 0 aromatic carbocycles. The van der Waals surface area contributed by atoms with Gasteiger partial charge in [-0.15, -0.1) is 0 Å². The fraction of sp³-hybridized carbons (Fsp3) is 1.00. The first-order valence-electron chi connectivity index (χ1n) is 0.956. The summed E-state index contributed by atoms with van der Waals surface area (Å²) in [7, 11) is 0. The maximum absolute atomic E-state index is 7.79. The first kappa shape index (κ1) is 5.40. The number of rotatable bonds is 0. The molecule has 0 aliphatic rings. The molecule has 0 heterocycles. The van der Waals surface area contributed by atoms with Crippen molar-refractivity contribution in [2.24, 2.45) is 0 Å². The predicted molar refractivity (Wildman–Crippen MR) is 18.3 cm³/mol. The summed E-state index contributed by atoms with van der Waals surface area (Å²) < 4.78 is 23.4. The molecule has 0 aliphatic heterocycles. The van der Waals surface area contributed by atoms with Crippen molar-refractivity contribution in [3.8, 4) is 0 Å². The van der Waals surface area contributed by atoms with Gasteiger partial charge in [0.05, 0.1) is 0 Å². The van der Waals surface area contributed by atoms with Crippen LogP contribution in [0, 0.1) is 0 Å². The summed E-state index contributed by atoms with van der Waals surface area (Å²) in [5.41, 5.74) is 0. The van der Waals surface area contributed by atoms with Crippen molar-refractivity contribution >= 4 is 13.8 Å². The second-order valence-electron chi connectivity index (χ2n) is 0.793. The van der Waals surface area contributed by atoms with Gasteiger partial charge in [0.2, 0.25) is 0 Å². The van der Waals surface area contributed by atoms with Crippen molar-refractivity contribution in [2.75, 3.05) is 0 Å². The Morgan fingerprint density at radius 1 is 1.20 bits per heavy atom. The molecule has 0 aliphatic carbocycles. The number of hydrogen-bond acceptors (Lipinski definition) is 3. The molecule has 3 nitrogen and oxygen atoms in total. The van der Waals surface area contributed by atoms with Crippen LogP contribution in [-0.2, 0) is 0 Å². The van der Waals surface area contributed by atoms with Crippen LogP contribution in [0.3, 0.4) is 0 Å². The van der Waals surface area contributed by atoms with Gasteiger partial charge < -0.3 is 0 Å². The Balaban J connectivity index is 3.02. The molecule has 34 valence electrons. The third-order valence-corrected chi connectivity index (χ3v) is 0. The molecule has 0 saturated carbocycles. The molecule has 0 rings (SSSR count). The molecule has 0 atom stereocenters. The summed E-state index contributed by atoms with van der Waals surface area (Å²) in [6.07, 6.45) is 0. The van der Waals surface area contributed by atoms with Gasteiger partial charge in [-0.3, -0.25) is 0 Å². The molecule has 0 amide bonds. The Bertz CT molecular complexity index is 22.4. The summed E-state index contributed by atoms with van der Waals surface area (Å²) >= 11 is -3.75. The topological polar surface area (TPSA) is 60.7 Å². The molecule has 0 radical (unpaired) electrons. The van der Waals surface area contributed by atoms with Gasteiger partial charge in [-0.05, 0) is 0 Å². The average Bonchev–Trinajstić information content (AvgIpc) is 0.722. The quantitative estimate of drug-likeness (QED) is 0.365. The van der Waals surface area contributed by atoms with Crippen LogP contribution < -0.4 is 0 Å². The number of hydrogen-bond donors (Lipinski definition) is 3. The van der Waals surface area contributed by atoms with E-state index in [2.05, 4.69) is 0 Å². The SMILES string of the molecule is C[Se](O)(O)O. The van der Waals surface area contributed by atoms with Gasteiger partial charge in [-0.1, -0.05) is 0 Å². The van der Waals surface area contributed by atoms with Crippen LogP contribution in [0.5, 0.6) is 0 Å². The fourth-order valence-corrected chi connectivity index (χ4v) is 0. The van der Waals surface area contributed by atoms with Gasteiger partial charge in [0, 0.05) is 0 Å². The second-order valence-corrected chi connectivity index (χ2v) is 4.12. The Morgan fingerprint density at radius 2 is 1.20 bits per heavy atom. The van der Waals surface area contributed by atoms with Crippen LogP contribution in [0.4, 0.5) is 0 Å². The van der Waals surface area contributed by atoms with Gasteiger partial charge in [-0.25, -0.2) is 0 Å². The van der Waals surface area contributed by atoms with E-state index in [0.717, 1.165) is 5.82 Å². The molecule has 5 heavy (non-hydrogen) atoms. The summed E-state index contributed by atoms with van der Waals surface area (Å²) in [5.74, 6) is 1.01. The van der Waals surface area contributed by atoms with E-state index < -0.39 is 13.8 Å². The second kappa shape index (κ2) is 1.24. The minimum absolute atomic E-state index is 1.01. The maximum atomic E-state index is 7.79. The van der Waals surface area contributed by atoms with Gasteiger partial charge in [0.1, 0.15) is 0 Å². The van der Waals surface area contributed by atoms with Gasteiger partial charge in [-0.2, -0.15) is 0 Å². The molecule has 3 N–H and O–H groups in total. The molecule has 0 fully saturated rings. The summed E-state index contributed by atoms with van der Waals surface area (Å²) in [6.45, 7) is 0. The van der Waals surface area contributed by atoms with Crippen LogP contribution >= 0.6 is 0 Å². The minimum atomic E-state index is -3.75. The monoisotopic (exact) mass is 146 g/mol. The van der Waals surface area contributed by atoms with Crippen molar-refractivity contribution in [3.05, 3.63) is 0 Å². The molecule has 0 aromatic rings. The molecule has 0 bridgehead atoms. The Hall–Kier alpha value is 0.399. The van der Waals surface area contributed by atoms with Crippen LogP contribution in [0.25, 0.3) is 0 Å². The third-order valence-electron chi connectivity index (χ3n) is 0. The fourth-order valence-electron chi connectivity index (χ4n) is 0. The van der Waals surface area contributed by atoms with Crippen LogP contribution in [-0.4, -0.2) is 26.4 Å². The van der Waals surface area contributed by atoms with Crippen LogP contribution in [0.2, 0.25) is 5.82 Å². The molecule has 0 saturated heterocycles. The van der Waals surface area contributed by atoms with Gasteiger partial charge in [0.25, 0.3) is 0 Å². The van der Waals surface area contributed by atoms with E-state index in [-0.39, 0.29) is 0 Å². The first-order chi connectivity index (χ1) is 2.00. The van der Waals surface area contributed by atoms with Crippen molar-refractivity contribution in [1.82, 2.24) is 0 Å². The molecular formula is CH6O3Se. The zero-order chi connectivity index (χ0) is 4.50. The van der Waals surface area contributed by atoms with Crippen LogP contribution in [0.1, 0.15) is 0 Å². The Morgan fingerprint density at radius 3 is 1.20 bits per heavy atom. The van der Waals surface area contributed by atoms with E-state index in [1.54, 1.807) is 0 Å². The molecular weight excluding hydrogens is 139 g/mol. The Labute approximate surface area is 33.1 Å². The van der Waals surface area contributed by atoms with Crippen molar-refractivity contribution in [2.45, 2.75) is 5.82 Å². The van der Waals surface area contributed by atoms with E-state index in [1.807, 2.05) is 0 Å². The average molecular weight is 145 g/mol. The van der Waals surface area contributed by atoms with E-state index in [9.17, 15) is 0 Å². The van der Waals surface area contributed by atoms with Crippen molar-refractivity contribution in [3.63, 3.8) is 0 Å². The van der Waals surface area contributed by atoms with Gasteiger partial charge in [0.15, 0.2) is 0 Å². The third kappa shape index (κ3) is 159. The first-order valence-corrected chi connectivity index (χ1v) is 4.97. The Kier molecular flexibility index (Phi) is 1.34.